The number of hydrogen-bond donors (Lipinski definition) is 2. The lowest BCUT2D eigenvalue weighted by Crippen LogP contribution is -2.48. The minimum absolute atomic E-state index is 0.0317. The number of benzene rings is 1. The zero-order valence-corrected chi connectivity index (χ0v) is 15.7. The number of amides is 1. The van der Waals surface area contributed by atoms with Crippen molar-refractivity contribution in [2.45, 2.75) is 31.0 Å². The van der Waals surface area contributed by atoms with E-state index in [0.717, 1.165) is 30.5 Å². The van der Waals surface area contributed by atoms with Crippen molar-refractivity contribution in [3.8, 4) is 0 Å². The summed E-state index contributed by atoms with van der Waals surface area (Å²) < 4.78 is 38.6. The average Bonchev–Trinajstić information content (AvgIpc) is 3.23. The average molecular weight is 405 g/mol. The summed E-state index contributed by atoms with van der Waals surface area (Å²) in [4.78, 5) is 22.6. The molecule has 4 rings (SSSR count). The summed E-state index contributed by atoms with van der Waals surface area (Å²) in [5.41, 5.74) is 6.96. The molecule has 2 fully saturated rings. The van der Waals surface area contributed by atoms with Gasteiger partial charge in [0.15, 0.2) is 0 Å². The first-order valence-electron chi connectivity index (χ1n) is 9.64. The van der Waals surface area contributed by atoms with Crippen LogP contribution in [0.1, 0.15) is 40.4 Å². The number of aromatic nitrogens is 2. The van der Waals surface area contributed by atoms with Gasteiger partial charge in [0.25, 0.3) is 5.91 Å². The molecule has 0 aliphatic carbocycles. The number of hydrazine groups is 1. The Bertz CT molecular complexity index is 843. The molecule has 1 aromatic carbocycles. The normalized spacial score (nSPS) is 25.2. The molecule has 0 bridgehead atoms. The van der Waals surface area contributed by atoms with Gasteiger partial charge in [0, 0.05) is 44.0 Å². The van der Waals surface area contributed by atoms with Crippen LogP contribution in [-0.2, 0) is 6.18 Å². The third-order valence-corrected chi connectivity index (χ3v) is 5.73. The largest absolute Gasteiger partial charge is 0.416 e. The monoisotopic (exact) mass is 405 g/mol. The van der Waals surface area contributed by atoms with E-state index in [1.54, 1.807) is 17.0 Å². The van der Waals surface area contributed by atoms with Gasteiger partial charge in [-0.3, -0.25) is 20.6 Å². The van der Waals surface area contributed by atoms with Crippen LogP contribution in [0.2, 0.25) is 0 Å². The van der Waals surface area contributed by atoms with Crippen molar-refractivity contribution in [2.24, 2.45) is 5.92 Å². The number of halogens is 3. The SMILES string of the molecule is O=C(c1cnccn1)N1CCCC(C2NNCC2c2ccc(C(F)(F)F)cc2)C1. The van der Waals surface area contributed by atoms with Crippen molar-refractivity contribution >= 4 is 5.91 Å². The van der Waals surface area contributed by atoms with E-state index in [2.05, 4.69) is 20.8 Å². The molecule has 6 nitrogen and oxygen atoms in total. The Morgan fingerprint density at radius 1 is 1.17 bits per heavy atom. The van der Waals surface area contributed by atoms with Crippen LogP contribution in [0.3, 0.4) is 0 Å². The molecule has 0 radical (unpaired) electrons. The number of nitrogens with one attached hydrogen (secondary N) is 2. The van der Waals surface area contributed by atoms with Crippen LogP contribution in [0.4, 0.5) is 13.2 Å². The zero-order valence-electron chi connectivity index (χ0n) is 15.7. The number of carbonyl (C=O) groups is 1. The topological polar surface area (TPSA) is 70.2 Å². The number of rotatable bonds is 3. The lowest BCUT2D eigenvalue weighted by atomic mass is 9.81. The van der Waals surface area contributed by atoms with Crippen LogP contribution in [0, 0.1) is 5.92 Å². The van der Waals surface area contributed by atoms with E-state index in [9.17, 15) is 18.0 Å². The number of hydrogen-bond acceptors (Lipinski definition) is 5. The van der Waals surface area contributed by atoms with Crippen LogP contribution >= 0.6 is 0 Å². The van der Waals surface area contributed by atoms with E-state index in [4.69, 9.17) is 0 Å². The third-order valence-electron chi connectivity index (χ3n) is 5.73. The number of alkyl halides is 3. The molecule has 1 amide bonds. The Balaban J connectivity index is 1.47. The van der Waals surface area contributed by atoms with Crippen molar-refractivity contribution in [3.63, 3.8) is 0 Å². The maximum absolute atomic E-state index is 12.9. The number of likely N-dealkylation sites (tertiary alicyclic amines) is 1. The van der Waals surface area contributed by atoms with Crippen molar-refractivity contribution < 1.29 is 18.0 Å². The lowest BCUT2D eigenvalue weighted by molar-refractivity contribution is -0.137. The molecule has 3 heterocycles. The molecule has 3 unspecified atom stereocenters. The Kier molecular flexibility index (Phi) is 5.51. The van der Waals surface area contributed by atoms with Gasteiger partial charge in [0.05, 0.1) is 11.8 Å². The summed E-state index contributed by atoms with van der Waals surface area (Å²) >= 11 is 0. The Labute approximate surface area is 166 Å². The smallest absolute Gasteiger partial charge is 0.337 e. The Morgan fingerprint density at radius 2 is 1.97 bits per heavy atom. The molecule has 2 N–H and O–H groups in total. The van der Waals surface area contributed by atoms with Crippen LogP contribution in [0.25, 0.3) is 0 Å². The first kappa shape index (κ1) is 19.8. The third kappa shape index (κ3) is 4.25. The van der Waals surface area contributed by atoms with Gasteiger partial charge in [0.1, 0.15) is 5.69 Å². The second-order valence-electron chi connectivity index (χ2n) is 7.52. The molecular formula is C20H22F3N5O. The van der Waals surface area contributed by atoms with E-state index in [1.807, 2.05) is 0 Å². The number of nitrogens with zero attached hydrogens (tertiary/aromatic N) is 3. The van der Waals surface area contributed by atoms with Crippen LogP contribution in [0.15, 0.2) is 42.9 Å². The van der Waals surface area contributed by atoms with Gasteiger partial charge in [-0.25, -0.2) is 4.98 Å². The van der Waals surface area contributed by atoms with Crippen LogP contribution in [-0.4, -0.2) is 46.5 Å². The zero-order chi connectivity index (χ0) is 20.4. The molecule has 2 aromatic rings. The fraction of sp³-hybridized carbons (Fsp3) is 0.450. The maximum Gasteiger partial charge on any atom is 0.416 e. The molecule has 29 heavy (non-hydrogen) atoms. The van der Waals surface area contributed by atoms with Crippen LogP contribution in [0.5, 0.6) is 0 Å². The van der Waals surface area contributed by atoms with E-state index in [1.165, 1.54) is 18.6 Å². The molecule has 0 spiro atoms. The highest BCUT2D eigenvalue weighted by atomic mass is 19.4. The second-order valence-corrected chi connectivity index (χ2v) is 7.52. The molecule has 0 saturated carbocycles. The molecule has 154 valence electrons. The fourth-order valence-corrected chi connectivity index (χ4v) is 4.26. The van der Waals surface area contributed by atoms with Gasteiger partial charge in [-0.1, -0.05) is 12.1 Å². The van der Waals surface area contributed by atoms with Crippen molar-refractivity contribution in [3.05, 3.63) is 59.7 Å². The van der Waals surface area contributed by atoms with Gasteiger partial charge in [0.2, 0.25) is 0 Å². The summed E-state index contributed by atoms with van der Waals surface area (Å²) in [5.74, 6) is 0.0837. The lowest BCUT2D eigenvalue weighted by Gasteiger charge is -2.37. The number of piperidine rings is 1. The van der Waals surface area contributed by atoms with Crippen molar-refractivity contribution in [1.82, 2.24) is 25.7 Å². The molecule has 2 saturated heterocycles. The van der Waals surface area contributed by atoms with Gasteiger partial charge in [-0.2, -0.15) is 13.2 Å². The molecular weight excluding hydrogens is 383 g/mol. The first-order chi connectivity index (χ1) is 13.9. The van der Waals surface area contributed by atoms with E-state index in [-0.39, 0.29) is 23.8 Å². The van der Waals surface area contributed by atoms with Gasteiger partial charge >= 0.3 is 6.18 Å². The van der Waals surface area contributed by atoms with E-state index < -0.39 is 11.7 Å². The fourth-order valence-electron chi connectivity index (χ4n) is 4.26. The molecule has 9 heteroatoms. The standard InChI is InChI=1S/C20H22F3N5O/c21-20(22,23)15-5-3-13(4-6-15)16-10-26-27-18(16)14-2-1-9-28(12-14)19(29)17-11-24-7-8-25-17/h3-8,11,14,16,18,26-27H,1-2,9-10,12H2. The van der Waals surface area contributed by atoms with Crippen molar-refractivity contribution in [1.29, 1.82) is 0 Å². The quantitative estimate of drug-likeness (QED) is 0.822. The van der Waals surface area contributed by atoms with Crippen molar-refractivity contribution in [2.75, 3.05) is 19.6 Å². The highest BCUT2D eigenvalue weighted by Crippen LogP contribution is 2.34. The molecule has 2 aliphatic rings. The van der Waals surface area contributed by atoms with Gasteiger partial charge in [-0.05, 0) is 36.5 Å². The molecule has 2 aliphatic heterocycles. The van der Waals surface area contributed by atoms with E-state index >= 15 is 0 Å². The highest BCUT2D eigenvalue weighted by molar-refractivity contribution is 5.92. The summed E-state index contributed by atoms with van der Waals surface area (Å²) in [6.07, 6.45) is 1.96. The predicted octanol–water partition coefficient (Wildman–Crippen LogP) is 2.61. The highest BCUT2D eigenvalue weighted by Gasteiger charge is 2.38. The Hall–Kier alpha value is -2.52. The summed E-state index contributed by atoms with van der Waals surface area (Å²) in [5, 5.41) is 0. The summed E-state index contributed by atoms with van der Waals surface area (Å²) in [6, 6.07) is 5.41. The molecule has 3 atom stereocenters. The van der Waals surface area contributed by atoms with Gasteiger partial charge < -0.3 is 4.90 Å². The minimum atomic E-state index is -4.34. The first-order valence-corrected chi connectivity index (χ1v) is 9.64. The number of carbonyl (C=O) groups excluding carboxylic acids is 1. The molecule has 1 aromatic heterocycles. The van der Waals surface area contributed by atoms with Gasteiger partial charge in [-0.15, -0.1) is 0 Å². The predicted molar refractivity (Wildman–Crippen MR) is 99.8 cm³/mol. The van der Waals surface area contributed by atoms with Crippen LogP contribution < -0.4 is 10.9 Å². The summed E-state index contributed by atoms with van der Waals surface area (Å²) in [6.45, 7) is 1.87. The Morgan fingerprint density at radius 3 is 2.66 bits per heavy atom. The minimum Gasteiger partial charge on any atom is -0.337 e. The maximum atomic E-state index is 12.9. The summed E-state index contributed by atoms with van der Waals surface area (Å²) in [7, 11) is 0. The van der Waals surface area contributed by atoms with E-state index in [0.29, 0.717) is 25.3 Å². The second kappa shape index (κ2) is 8.08.